The van der Waals surface area contributed by atoms with Gasteiger partial charge in [0.1, 0.15) is 0 Å². The number of hydrogen-bond acceptors (Lipinski definition) is 1. The topological polar surface area (TPSA) is 20.3 Å². The molecule has 0 heterocycles. The highest BCUT2D eigenvalue weighted by Gasteiger charge is 2.11. The van der Waals surface area contributed by atoms with Crippen molar-refractivity contribution >= 4 is 17.5 Å². The molecule has 0 aromatic heterocycles. The summed E-state index contributed by atoms with van der Waals surface area (Å²) in [4.78, 5) is 13.6. The number of carbonyl (C=O) groups excluding carboxylic acids is 1. The maximum atomic E-state index is 11.8. The zero-order valence-electron chi connectivity index (χ0n) is 9.66. The van der Waals surface area contributed by atoms with Crippen molar-refractivity contribution in [3.05, 3.63) is 35.9 Å². The van der Waals surface area contributed by atoms with Gasteiger partial charge in [0.25, 0.3) is 0 Å². The van der Waals surface area contributed by atoms with Gasteiger partial charge in [-0.1, -0.05) is 37.3 Å². The number of amides is 1. The number of alkyl halides is 1. The van der Waals surface area contributed by atoms with Crippen molar-refractivity contribution in [3.63, 3.8) is 0 Å². The molecular formula is C13H18ClNO. The summed E-state index contributed by atoms with van der Waals surface area (Å²) in [6.45, 7) is 3.29. The molecule has 0 spiro atoms. The highest BCUT2D eigenvalue weighted by Crippen LogP contribution is 2.07. The lowest BCUT2D eigenvalue weighted by Gasteiger charge is -2.21. The van der Waals surface area contributed by atoms with Gasteiger partial charge in [0.05, 0.1) is 0 Å². The fourth-order valence-corrected chi connectivity index (χ4v) is 1.77. The molecule has 0 unspecified atom stereocenters. The molecule has 16 heavy (non-hydrogen) atoms. The van der Waals surface area contributed by atoms with Crippen LogP contribution in [0.3, 0.4) is 0 Å². The van der Waals surface area contributed by atoms with Crippen LogP contribution in [0, 0.1) is 0 Å². The third-order valence-electron chi connectivity index (χ3n) is 2.39. The van der Waals surface area contributed by atoms with E-state index >= 15 is 0 Å². The lowest BCUT2D eigenvalue weighted by molar-refractivity contribution is -0.131. The summed E-state index contributed by atoms with van der Waals surface area (Å²) < 4.78 is 0. The van der Waals surface area contributed by atoms with Gasteiger partial charge < -0.3 is 4.90 Å². The molecule has 0 N–H and O–H groups in total. The Hall–Kier alpha value is -1.02. The van der Waals surface area contributed by atoms with E-state index in [4.69, 9.17) is 11.6 Å². The van der Waals surface area contributed by atoms with E-state index in [2.05, 4.69) is 0 Å². The molecule has 3 heteroatoms. The highest BCUT2D eigenvalue weighted by atomic mass is 35.5. The third-order valence-corrected chi connectivity index (χ3v) is 2.56. The molecule has 1 aromatic carbocycles. The van der Waals surface area contributed by atoms with Crippen molar-refractivity contribution in [2.45, 2.75) is 26.3 Å². The van der Waals surface area contributed by atoms with Gasteiger partial charge in [0, 0.05) is 25.4 Å². The average molecular weight is 240 g/mol. The van der Waals surface area contributed by atoms with Crippen LogP contribution >= 0.6 is 11.6 Å². The van der Waals surface area contributed by atoms with Gasteiger partial charge in [0.2, 0.25) is 5.91 Å². The van der Waals surface area contributed by atoms with E-state index in [0.29, 0.717) is 25.4 Å². The van der Waals surface area contributed by atoms with E-state index in [1.165, 1.54) is 0 Å². The number of carbonyl (C=O) groups is 1. The molecule has 2 nitrogen and oxygen atoms in total. The Bertz CT molecular complexity index is 313. The van der Waals surface area contributed by atoms with E-state index in [9.17, 15) is 4.79 Å². The fraction of sp³-hybridized carbons (Fsp3) is 0.462. The van der Waals surface area contributed by atoms with E-state index in [-0.39, 0.29) is 5.91 Å². The van der Waals surface area contributed by atoms with Crippen LogP contribution in [-0.2, 0) is 11.3 Å². The van der Waals surface area contributed by atoms with Crippen LogP contribution in [0.25, 0.3) is 0 Å². The molecule has 0 saturated carbocycles. The normalized spacial score (nSPS) is 10.1. The van der Waals surface area contributed by atoms with Crippen molar-refractivity contribution in [2.24, 2.45) is 0 Å². The average Bonchev–Trinajstić information content (AvgIpc) is 2.30. The van der Waals surface area contributed by atoms with Crippen LogP contribution in [0.5, 0.6) is 0 Å². The van der Waals surface area contributed by atoms with Crippen molar-refractivity contribution in [1.29, 1.82) is 0 Å². The summed E-state index contributed by atoms with van der Waals surface area (Å²) >= 11 is 5.71. The number of hydrogen-bond donors (Lipinski definition) is 0. The molecule has 0 aliphatic rings. The minimum absolute atomic E-state index is 0.187. The molecule has 1 aromatic rings. The zero-order valence-corrected chi connectivity index (χ0v) is 10.4. The van der Waals surface area contributed by atoms with E-state index < -0.39 is 0 Å². The molecule has 1 rings (SSSR count). The Morgan fingerprint density at radius 2 is 2.00 bits per heavy atom. The predicted octanol–water partition coefficient (Wildman–Crippen LogP) is 3.05. The number of halogens is 1. The van der Waals surface area contributed by atoms with Crippen molar-refractivity contribution in [3.8, 4) is 0 Å². The lowest BCUT2D eigenvalue weighted by Crippen LogP contribution is -2.31. The van der Waals surface area contributed by atoms with E-state index in [1.54, 1.807) is 0 Å². The van der Waals surface area contributed by atoms with Crippen molar-refractivity contribution < 1.29 is 4.79 Å². The molecule has 0 saturated heterocycles. The van der Waals surface area contributed by atoms with Crippen LogP contribution in [-0.4, -0.2) is 23.2 Å². The Morgan fingerprint density at radius 1 is 1.31 bits per heavy atom. The Morgan fingerprint density at radius 3 is 2.56 bits per heavy atom. The summed E-state index contributed by atoms with van der Waals surface area (Å²) in [5.41, 5.74) is 1.15. The van der Waals surface area contributed by atoms with E-state index in [0.717, 1.165) is 12.0 Å². The first-order valence-electron chi connectivity index (χ1n) is 5.65. The number of benzene rings is 1. The number of nitrogens with zero attached hydrogens (tertiary/aromatic N) is 1. The quantitative estimate of drug-likeness (QED) is 0.699. The second-order valence-electron chi connectivity index (χ2n) is 3.74. The second-order valence-corrected chi connectivity index (χ2v) is 4.12. The van der Waals surface area contributed by atoms with Gasteiger partial charge in [0.15, 0.2) is 0 Å². The van der Waals surface area contributed by atoms with Gasteiger partial charge in [-0.05, 0) is 12.0 Å². The van der Waals surface area contributed by atoms with Crippen molar-refractivity contribution in [1.82, 2.24) is 4.90 Å². The maximum Gasteiger partial charge on any atom is 0.222 e. The second kappa shape index (κ2) is 7.29. The van der Waals surface area contributed by atoms with Gasteiger partial charge in [-0.25, -0.2) is 0 Å². The minimum atomic E-state index is 0.187. The molecule has 0 aliphatic carbocycles. The summed E-state index contributed by atoms with van der Waals surface area (Å²) in [5, 5.41) is 0. The van der Waals surface area contributed by atoms with Crippen molar-refractivity contribution in [2.75, 3.05) is 12.4 Å². The van der Waals surface area contributed by atoms with Gasteiger partial charge in [-0.3, -0.25) is 4.79 Å². The lowest BCUT2D eigenvalue weighted by atomic mass is 10.2. The molecule has 88 valence electrons. The molecule has 0 bridgehead atoms. The van der Waals surface area contributed by atoms with Crippen LogP contribution in [0.2, 0.25) is 0 Å². The Labute approximate surface area is 102 Å². The summed E-state index contributed by atoms with van der Waals surface area (Å²) in [6, 6.07) is 10.0. The predicted molar refractivity (Wildman–Crippen MR) is 67.5 cm³/mol. The molecule has 0 aliphatic heterocycles. The van der Waals surface area contributed by atoms with Gasteiger partial charge >= 0.3 is 0 Å². The summed E-state index contributed by atoms with van der Waals surface area (Å²) in [7, 11) is 0. The van der Waals surface area contributed by atoms with Gasteiger partial charge in [-0.2, -0.15) is 0 Å². The summed E-state index contributed by atoms with van der Waals surface area (Å²) in [6.07, 6.45) is 1.48. The Balaban J connectivity index is 2.60. The third kappa shape index (κ3) is 4.23. The zero-order chi connectivity index (χ0) is 11.8. The van der Waals surface area contributed by atoms with Gasteiger partial charge in [-0.15, -0.1) is 11.6 Å². The molecule has 0 fully saturated rings. The molecule has 1 amide bonds. The highest BCUT2D eigenvalue weighted by molar-refractivity contribution is 6.18. The maximum absolute atomic E-state index is 11.8. The largest absolute Gasteiger partial charge is 0.337 e. The SMILES string of the molecule is CCCC(=O)N(CCCl)Cc1ccccc1. The fourth-order valence-electron chi connectivity index (χ4n) is 1.57. The monoisotopic (exact) mass is 239 g/mol. The molecular weight excluding hydrogens is 222 g/mol. The van der Waals surface area contributed by atoms with Crippen LogP contribution in [0.1, 0.15) is 25.3 Å². The van der Waals surface area contributed by atoms with Crippen LogP contribution in [0.4, 0.5) is 0 Å². The molecule has 0 radical (unpaired) electrons. The first kappa shape index (κ1) is 13.0. The molecule has 0 atom stereocenters. The smallest absolute Gasteiger partial charge is 0.222 e. The first-order chi connectivity index (χ1) is 7.77. The van der Waals surface area contributed by atoms with E-state index in [1.807, 2.05) is 42.2 Å². The minimum Gasteiger partial charge on any atom is -0.337 e. The first-order valence-corrected chi connectivity index (χ1v) is 6.19. The Kier molecular flexibility index (Phi) is 5.94. The van der Waals surface area contributed by atoms with Crippen LogP contribution in [0.15, 0.2) is 30.3 Å². The summed E-state index contributed by atoms with van der Waals surface area (Å²) in [5.74, 6) is 0.675. The standard InChI is InChI=1S/C13H18ClNO/c1-2-6-13(16)15(10-9-14)11-12-7-4-3-5-8-12/h3-5,7-8H,2,6,9-11H2,1H3. The van der Waals surface area contributed by atoms with Crippen LogP contribution < -0.4 is 0 Å². The number of rotatable bonds is 6.